The fourth-order valence-electron chi connectivity index (χ4n) is 1.91. The van der Waals surface area contributed by atoms with E-state index in [-0.39, 0.29) is 0 Å². The summed E-state index contributed by atoms with van der Waals surface area (Å²) in [6.45, 7) is 4.61. The minimum absolute atomic E-state index is 0.433. The number of hydrogen-bond acceptors (Lipinski definition) is 1. The van der Waals surface area contributed by atoms with Crippen molar-refractivity contribution in [3.8, 4) is 0 Å². The molecule has 0 spiro atoms. The molecule has 1 N–H and O–H groups in total. The van der Waals surface area contributed by atoms with Crippen LogP contribution in [0.15, 0.2) is 24.3 Å². The van der Waals surface area contributed by atoms with Gasteiger partial charge in [0.25, 0.3) is 0 Å². The van der Waals surface area contributed by atoms with Crippen LogP contribution in [-0.4, -0.2) is 6.04 Å². The lowest BCUT2D eigenvalue weighted by atomic mass is 9.67. The molecule has 1 unspecified atom stereocenters. The summed E-state index contributed by atoms with van der Waals surface area (Å²) >= 11 is 5.92. The molecular formula is C12H16ClN. The Morgan fingerprint density at radius 2 is 2.21 bits per heavy atom. The molecule has 0 heterocycles. The minimum Gasteiger partial charge on any atom is -0.382 e. The van der Waals surface area contributed by atoms with E-state index in [0.717, 1.165) is 10.7 Å². The molecule has 1 nitrogen and oxygen atoms in total. The van der Waals surface area contributed by atoms with Crippen LogP contribution < -0.4 is 5.32 Å². The molecule has 2 rings (SSSR count). The quantitative estimate of drug-likeness (QED) is 0.778. The summed E-state index contributed by atoms with van der Waals surface area (Å²) in [4.78, 5) is 0. The second-order valence-electron chi connectivity index (χ2n) is 4.73. The predicted octanol–water partition coefficient (Wildman–Crippen LogP) is 3.94. The smallest absolute Gasteiger partial charge is 0.0426 e. The third kappa shape index (κ3) is 1.88. The van der Waals surface area contributed by atoms with Crippen molar-refractivity contribution in [2.45, 2.75) is 32.7 Å². The molecule has 0 bridgehead atoms. The second kappa shape index (κ2) is 3.47. The van der Waals surface area contributed by atoms with Gasteiger partial charge in [0.1, 0.15) is 0 Å². The first kappa shape index (κ1) is 9.85. The standard InChI is InChI=1S/C12H16ClN/c1-12(2)7-6-11(12)14-10-5-3-4-9(13)8-10/h3-5,8,11,14H,6-7H2,1-2H3. The third-order valence-electron chi connectivity index (χ3n) is 3.19. The van der Waals surface area contributed by atoms with Gasteiger partial charge in [0.05, 0.1) is 0 Å². The molecule has 1 atom stereocenters. The van der Waals surface area contributed by atoms with E-state index >= 15 is 0 Å². The molecule has 0 amide bonds. The zero-order valence-corrected chi connectivity index (χ0v) is 9.43. The van der Waals surface area contributed by atoms with Gasteiger partial charge in [-0.25, -0.2) is 0 Å². The lowest BCUT2D eigenvalue weighted by molar-refractivity contribution is 0.160. The molecule has 14 heavy (non-hydrogen) atoms. The maximum absolute atomic E-state index is 5.92. The zero-order chi connectivity index (χ0) is 10.2. The molecule has 0 radical (unpaired) electrons. The van der Waals surface area contributed by atoms with Crippen molar-refractivity contribution in [1.82, 2.24) is 0 Å². The Balaban J connectivity index is 2.05. The average molecular weight is 210 g/mol. The molecule has 1 aromatic carbocycles. The number of anilines is 1. The second-order valence-corrected chi connectivity index (χ2v) is 5.17. The van der Waals surface area contributed by atoms with Gasteiger partial charge < -0.3 is 5.32 Å². The van der Waals surface area contributed by atoms with Gasteiger partial charge in [0.15, 0.2) is 0 Å². The molecule has 1 aliphatic rings. The molecule has 76 valence electrons. The van der Waals surface area contributed by atoms with Crippen LogP contribution in [0, 0.1) is 5.41 Å². The van der Waals surface area contributed by atoms with Gasteiger partial charge in [-0.15, -0.1) is 0 Å². The van der Waals surface area contributed by atoms with Gasteiger partial charge in [-0.05, 0) is 36.5 Å². The van der Waals surface area contributed by atoms with E-state index in [4.69, 9.17) is 11.6 Å². The summed E-state index contributed by atoms with van der Waals surface area (Å²) in [6, 6.07) is 8.53. The first-order valence-corrected chi connectivity index (χ1v) is 5.48. The molecule has 1 saturated carbocycles. The fraction of sp³-hybridized carbons (Fsp3) is 0.500. The Bertz CT molecular complexity index is 333. The fourth-order valence-corrected chi connectivity index (χ4v) is 2.10. The molecule has 0 saturated heterocycles. The van der Waals surface area contributed by atoms with Crippen LogP contribution in [0.2, 0.25) is 5.02 Å². The van der Waals surface area contributed by atoms with Crippen LogP contribution in [0.4, 0.5) is 5.69 Å². The topological polar surface area (TPSA) is 12.0 Å². The highest BCUT2D eigenvalue weighted by Gasteiger charge is 2.38. The number of rotatable bonds is 2. The van der Waals surface area contributed by atoms with E-state index in [1.165, 1.54) is 12.8 Å². The summed E-state index contributed by atoms with van der Waals surface area (Å²) in [5, 5.41) is 4.32. The molecule has 2 heteroatoms. The lowest BCUT2D eigenvalue weighted by Gasteiger charge is -2.45. The lowest BCUT2D eigenvalue weighted by Crippen LogP contribution is -2.45. The van der Waals surface area contributed by atoms with Gasteiger partial charge in [-0.2, -0.15) is 0 Å². The Hall–Kier alpha value is -0.690. The van der Waals surface area contributed by atoms with Crippen molar-refractivity contribution in [3.05, 3.63) is 29.3 Å². The van der Waals surface area contributed by atoms with Crippen molar-refractivity contribution in [2.24, 2.45) is 5.41 Å². The molecule has 0 aromatic heterocycles. The molecule has 0 aliphatic heterocycles. The first-order valence-electron chi connectivity index (χ1n) is 5.10. The number of benzene rings is 1. The van der Waals surface area contributed by atoms with Crippen LogP contribution in [0.5, 0.6) is 0 Å². The Kier molecular flexibility index (Phi) is 2.44. The van der Waals surface area contributed by atoms with E-state index in [1.54, 1.807) is 0 Å². The molecular weight excluding hydrogens is 194 g/mol. The molecule has 1 fully saturated rings. The minimum atomic E-state index is 0.433. The van der Waals surface area contributed by atoms with E-state index in [2.05, 4.69) is 25.2 Å². The summed E-state index contributed by atoms with van der Waals surface area (Å²) in [5.74, 6) is 0. The van der Waals surface area contributed by atoms with Crippen molar-refractivity contribution in [1.29, 1.82) is 0 Å². The number of halogens is 1. The van der Waals surface area contributed by atoms with E-state index in [1.807, 2.05) is 18.2 Å². The number of nitrogens with one attached hydrogen (secondary N) is 1. The zero-order valence-electron chi connectivity index (χ0n) is 8.68. The Morgan fingerprint density at radius 3 is 2.71 bits per heavy atom. The Labute approximate surface area is 90.5 Å². The van der Waals surface area contributed by atoms with Crippen molar-refractivity contribution in [2.75, 3.05) is 5.32 Å². The highest BCUT2D eigenvalue weighted by molar-refractivity contribution is 6.30. The van der Waals surface area contributed by atoms with Crippen LogP contribution in [-0.2, 0) is 0 Å². The van der Waals surface area contributed by atoms with Crippen LogP contribution >= 0.6 is 11.6 Å². The van der Waals surface area contributed by atoms with Crippen LogP contribution in [0.3, 0.4) is 0 Å². The largest absolute Gasteiger partial charge is 0.382 e. The summed E-state index contributed by atoms with van der Waals surface area (Å²) in [7, 11) is 0. The van der Waals surface area contributed by atoms with Gasteiger partial charge in [0.2, 0.25) is 0 Å². The monoisotopic (exact) mass is 209 g/mol. The van der Waals surface area contributed by atoms with Gasteiger partial charge >= 0.3 is 0 Å². The number of hydrogen-bond donors (Lipinski definition) is 1. The van der Waals surface area contributed by atoms with Gasteiger partial charge in [-0.1, -0.05) is 31.5 Å². The van der Waals surface area contributed by atoms with Crippen LogP contribution in [0.25, 0.3) is 0 Å². The predicted molar refractivity (Wildman–Crippen MR) is 61.9 cm³/mol. The van der Waals surface area contributed by atoms with Crippen LogP contribution in [0.1, 0.15) is 26.7 Å². The van der Waals surface area contributed by atoms with Crippen molar-refractivity contribution >= 4 is 17.3 Å². The highest BCUT2D eigenvalue weighted by atomic mass is 35.5. The highest BCUT2D eigenvalue weighted by Crippen LogP contribution is 2.41. The van der Waals surface area contributed by atoms with E-state index in [9.17, 15) is 0 Å². The molecule has 1 aliphatic carbocycles. The maximum Gasteiger partial charge on any atom is 0.0426 e. The maximum atomic E-state index is 5.92. The van der Waals surface area contributed by atoms with Gasteiger partial charge in [0, 0.05) is 16.8 Å². The van der Waals surface area contributed by atoms with Crippen molar-refractivity contribution < 1.29 is 0 Å². The summed E-state index contributed by atoms with van der Waals surface area (Å²) in [6.07, 6.45) is 2.57. The third-order valence-corrected chi connectivity index (χ3v) is 3.42. The SMILES string of the molecule is CC1(C)CCC1Nc1cccc(Cl)c1. The van der Waals surface area contributed by atoms with Gasteiger partial charge in [-0.3, -0.25) is 0 Å². The van der Waals surface area contributed by atoms with E-state index in [0.29, 0.717) is 11.5 Å². The summed E-state index contributed by atoms with van der Waals surface area (Å²) < 4.78 is 0. The Morgan fingerprint density at radius 1 is 1.43 bits per heavy atom. The molecule has 1 aromatic rings. The normalized spacial score (nSPS) is 24.1. The summed E-state index contributed by atoms with van der Waals surface area (Å²) in [5.41, 5.74) is 1.57. The average Bonchev–Trinajstić information content (AvgIpc) is 2.13. The van der Waals surface area contributed by atoms with E-state index < -0.39 is 0 Å². The first-order chi connectivity index (χ1) is 6.58. The van der Waals surface area contributed by atoms with Crippen molar-refractivity contribution in [3.63, 3.8) is 0 Å².